The highest BCUT2D eigenvalue weighted by atomic mass is 16.1. The fraction of sp³-hybridized carbons (Fsp3) is 0.263. The predicted octanol–water partition coefficient (Wildman–Crippen LogP) is 4.76. The molecule has 2 aromatic carbocycles. The summed E-state index contributed by atoms with van der Waals surface area (Å²) in [5.41, 5.74) is 9.41. The number of nitrogens with two attached hydrogens (primary N) is 1. The van der Waals surface area contributed by atoms with Crippen molar-refractivity contribution in [1.82, 2.24) is 10.2 Å². The van der Waals surface area contributed by atoms with Crippen LogP contribution < -0.4 is 11.1 Å². The van der Waals surface area contributed by atoms with Gasteiger partial charge >= 0.3 is 0 Å². The molecule has 5 nitrogen and oxygen atoms in total. The highest BCUT2D eigenvalue weighted by Crippen LogP contribution is 2.20. The van der Waals surface area contributed by atoms with Crippen LogP contribution in [0.3, 0.4) is 0 Å². The van der Waals surface area contributed by atoms with Crippen molar-refractivity contribution in [2.24, 2.45) is 0 Å². The number of nitrogens with one attached hydrogen (secondary N) is 2. The van der Waals surface area contributed by atoms with Crippen molar-refractivity contribution in [3.63, 3.8) is 0 Å². The number of hydrogen-bond donors (Lipinski definition) is 3. The van der Waals surface area contributed by atoms with Crippen molar-refractivity contribution in [2.45, 2.75) is 34.6 Å². The molecule has 128 valence electrons. The van der Waals surface area contributed by atoms with Crippen LogP contribution in [0, 0.1) is 6.92 Å². The average Bonchev–Trinajstić information content (AvgIpc) is 3.00. The van der Waals surface area contributed by atoms with E-state index in [1.807, 2.05) is 52.8 Å². The van der Waals surface area contributed by atoms with Gasteiger partial charge in [0.1, 0.15) is 0 Å². The molecule has 1 amide bonds. The van der Waals surface area contributed by atoms with Crippen LogP contribution >= 0.6 is 0 Å². The maximum absolute atomic E-state index is 12.1. The van der Waals surface area contributed by atoms with Crippen LogP contribution in [0.4, 0.5) is 11.4 Å². The van der Waals surface area contributed by atoms with Gasteiger partial charge in [0.25, 0.3) is 5.91 Å². The second kappa shape index (κ2) is 9.35. The number of nitrogen functional groups attached to an aromatic ring is 1. The number of nitrogens with zero attached hydrogens (tertiary/aromatic N) is 1. The minimum absolute atomic E-state index is 0.162. The highest BCUT2D eigenvalue weighted by molar-refractivity contribution is 6.05. The Morgan fingerprint density at radius 3 is 2.29 bits per heavy atom. The number of rotatable bonds is 2. The van der Waals surface area contributed by atoms with Crippen LogP contribution in [0.5, 0.6) is 0 Å². The average molecular weight is 326 g/mol. The summed E-state index contributed by atoms with van der Waals surface area (Å²) in [5.74, 6) is -0.162. The number of H-pyrrole nitrogens is 1. The highest BCUT2D eigenvalue weighted by Gasteiger charge is 2.07. The van der Waals surface area contributed by atoms with Crippen LogP contribution in [-0.2, 0) is 0 Å². The van der Waals surface area contributed by atoms with Gasteiger partial charge in [-0.3, -0.25) is 9.89 Å². The molecule has 0 fully saturated rings. The molecule has 0 spiro atoms. The van der Waals surface area contributed by atoms with E-state index in [-0.39, 0.29) is 5.91 Å². The van der Waals surface area contributed by atoms with Crippen molar-refractivity contribution >= 4 is 28.2 Å². The van der Waals surface area contributed by atoms with Gasteiger partial charge in [0.05, 0.1) is 5.52 Å². The second-order valence-electron chi connectivity index (χ2n) is 4.66. The van der Waals surface area contributed by atoms with Crippen LogP contribution in [0.15, 0.2) is 42.5 Å². The number of carbonyl (C=O) groups is 1. The Morgan fingerprint density at radius 1 is 1.04 bits per heavy atom. The number of anilines is 2. The summed E-state index contributed by atoms with van der Waals surface area (Å²) in [6.45, 7) is 9.95. The van der Waals surface area contributed by atoms with Gasteiger partial charge in [-0.2, -0.15) is 5.10 Å². The molecule has 3 rings (SSSR count). The summed E-state index contributed by atoms with van der Waals surface area (Å²) in [6, 6.07) is 12.4. The van der Waals surface area contributed by atoms with E-state index in [9.17, 15) is 4.79 Å². The molecule has 4 N–H and O–H groups in total. The number of aromatic nitrogens is 2. The van der Waals surface area contributed by atoms with Gasteiger partial charge in [-0.15, -0.1) is 0 Å². The Balaban J connectivity index is 0.000000671. The van der Waals surface area contributed by atoms with E-state index in [1.165, 1.54) is 0 Å². The fourth-order valence-corrected chi connectivity index (χ4v) is 2.05. The van der Waals surface area contributed by atoms with Crippen molar-refractivity contribution < 1.29 is 4.79 Å². The third-order valence-electron chi connectivity index (χ3n) is 3.18. The number of amides is 1. The first kappa shape index (κ1) is 19.2. The first-order valence-electron chi connectivity index (χ1n) is 8.25. The van der Waals surface area contributed by atoms with E-state index in [2.05, 4.69) is 15.5 Å². The molecule has 24 heavy (non-hydrogen) atoms. The van der Waals surface area contributed by atoms with Crippen LogP contribution in [0.1, 0.15) is 43.7 Å². The Morgan fingerprint density at radius 2 is 1.67 bits per heavy atom. The van der Waals surface area contributed by atoms with Gasteiger partial charge in [-0.05, 0) is 49.4 Å². The zero-order valence-electron chi connectivity index (χ0n) is 15.0. The summed E-state index contributed by atoms with van der Waals surface area (Å²) in [4.78, 5) is 12.1. The second-order valence-corrected chi connectivity index (χ2v) is 4.66. The van der Waals surface area contributed by atoms with E-state index in [4.69, 9.17) is 5.73 Å². The number of hydrogen-bond acceptors (Lipinski definition) is 3. The molecule has 0 bridgehead atoms. The minimum Gasteiger partial charge on any atom is -0.399 e. The van der Waals surface area contributed by atoms with Gasteiger partial charge in [0, 0.05) is 28.0 Å². The van der Waals surface area contributed by atoms with Crippen molar-refractivity contribution in [1.29, 1.82) is 0 Å². The quantitative estimate of drug-likeness (QED) is 0.594. The summed E-state index contributed by atoms with van der Waals surface area (Å²) < 4.78 is 0. The molecule has 0 radical (unpaired) electrons. The largest absolute Gasteiger partial charge is 0.399 e. The van der Waals surface area contributed by atoms with Crippen LogP contribution in [0.25, 0.3) is 10.9 Å². The SMILES string of the molecule is CC.CC.Cc1[nH]nc2ccc(NC(=O)c3ccc(N)cc3)cc12. The summed E-state index contributed by atoms with van der Waals surface area (Å²) in [5, 5.41) is 10.9. The van der Waals surface area contributed by atoms with Crippen molar-refractivity contribution in [3.05, 3.63) is 53.7 Å². The molecule has 0 aliphatic rings. The first-order valence-corrected chi connectivity index (χ1v) is 8.25. The molecule has 0 saturated heterocycles. The molecular weight excluding hydrogens is 300 g/mol. The molecule has 0 aliphatic heterocycles. The maximum Gasteiger partial charge on any atom is 0.255 e. The molecule has 0 saturated carbocycles. The van der Waals surface area contributed by atoms with Crippen molar-refractivity contribution in [3.8, 4) is 0 Å². The Labute approximate surface area is 143 Å². The number of aromatic amines is 1. The smallest absolute Gasteiger partial charge is 0.255 e. The standard InChI is InChI=1S/C15H14N4O.2C2H6/c1-9-13-8-12(6-7-14(13)19-18-9)17-15(20)10-2-4-11(16)5-3-10;2*1-2/h2-8H,16H2,1H3,(H,17,20)(H,18,19);2*1-2H3. The van der Waals surface area contributed by atoms with E-state index in [0.717, 1.165) is 22.3 Å². The number of carbonyl (C=O) groups excluding carboxylic acids is 1. The van der Waals surface area contributed by atoms with E-state index < -0.39 is 0 Å². The van der Waals surface area contributed by atoms with Gasteiger partial charge in [-0.25, -0.2) is 0 Å². The first-order chi connectivity index (χ1) is 11.6. The van der Waals surface area contributed by atoms with Crippen molar-refractivity contribution in [2.75, 3.05) is 11.1 Å². The zero-order chi connectivity index (χ0) is 18.1. The normalized spacial score (nSPS) is 9.38. The third kappa shape index (κ3) is 4.59. The van der Waals surface area contributed by atoms with Gasteiger partial charge in [0.15, 0.2) is 0 Å². The van der Waals surface area contributed by atoms with E-state index >= 15 is 0 Å². The number of benzene rings is 2. The Hall–Kier alpha value is -2.82. The third-order valence-corrected chi connectivity index (χ3v) is 3.18. The molecule has 0 atom stereocenters. The molecule has 3 aromatic rings. The number of fused-ring (bicyclic) bond motifs is 1. The molecule has 1 aromatic heterocycles. The fourth-order valence-electron chi connectivity index (χ4n) is 2.05. The monoisotopic (exact) mass is 326 g/mol. The predicted molar refractivity (Wildman–Crippen MR) is 102 cm³/mol. The summed E-state index contributed by atoms with van der Waals surface area (Å²) in [6.07, 6.45) is 0. The zero-order valence-corrected chi connectivity index (χ0v) is 15.0. The van der Waals surface area contributed by atoms with Gasteiger partial charge in [0.2, 0.25) is 0 Å². The lowest BCUT2D eigenvalue weighted by Crippen LogP contribution is -2.11. The maximum atomic E-state index is 12.1. The Kier molecular flexibility index (Phi) is 7.49. The van der Waals surface area contributed by atoms with Gasteiger partial charge < -0.3 is 11.1 Å². The number of aryl methyl sites for hydroxylation is 1. The topological polar surface area (TPSA) is 83.8 Å². The molecular formula is C19H26N4O. The van der Waals surface area contributed by atoms with Gasteiger partial charge in [-0.1, -0.05) is 27.7 Å². The van der Waals surface area contributed by atoms with E-state index in [1.54, 1.807) is 24.3 Å². The van der Waals surface area contributed by atoms with Crippen LogP contribution in [-0.4, -0.2) is 16.1 Å². The lowest BCUT2D eigenvalue weighted by atomic mass is 10.1. The lowest BCUT2D eigenvalue weighted by Gasteiger charge is -2.05. The van der Waals surface area contributed by atoms with Crippen LogP contribution in [0.2, 0.25) is 0 Å². The molecule has 1 heterocycles. The molecule has 0 aliphatic carbocycles. The minimum atomic E-state index is -0.162. The van der Waals surface area contributed by atoms with E-state index in [0.29, 0.717) is 11.3 Å². The summed E-state index contributed by atoms with van der Waals surface area (Å²) >= 11 is 0. The summed E-state index contributed by atoms with van der Waals surface area (Å²) in [7, 11) is 0. The lowest BCUT2D eigenvalue weighted by molar-refractivity contribution is 0.102. The molecule has 5 heteroatoms. The Bertz CT molecular complexity index is 776. The molecule has 0 unspecified atom stereocenters.